The summed E-state index contributed by atoms with van der Waals surface area (Å²) in [6.07, 6.45) is 1.44. The summed E-state index contributed by atoms with van der Waals surface area (Å²) in [5, 5.41) is -0.588. The molecule has 0 aromatic heterocycles. The van der Waals surface area contributed by atoms with Crippen molar-refractivity contribution in [3.8, 4) is 11.5 Å². The van der Waals surface area contributed by atoms with Crippen LogP contribution >= 0.6 is 11.8 Å². The molecule has 2 aromatic rings. The molecular weight excluding hydrogens is 458 g/mol. The van der Waals surface area contributed by atoms with E-state index in [-0.39, 0.29) is 27.9 Å². The van der Waals surface area contributed by atoms with Crippen LogP contribution in [0.15, 0.2) is 58.3 Å². The molecule has 11 heteroatoms. The molecule has 0 atom stereocenters. The zero-order chi connectivity index (χ0) is 23.3. The van der Waals surface area contributed by atoms with Crippen molar-refractivity contribution in [1.29, 1.82) is 0 Å². The van der Waals surface area contributed by atoms with Crippen LogP contribution in [0.4, 0.5) is 4.79 Å². The Kier molecular flexibility index (Phi) is 7.21. The number of rotatable bonds is 8. The molecule has 3 rings (SSSR count). The van der Waals surface area contributed by atoms with E-state index in [9.17, 15) is 22.8 Å². The number of imide groups is 1. The third-order valence-electron chi connectivity index (χ3n) is 4.18. The van der Waals surface area contributed by atoms with Gasteiger partial charge in [0.15, 0.2) is 11.5 Å². The van der Waals surface area contributed by atoms with Gasteiger partial charge in [0.1, 0.15) is 11.4 Å². The summed E-state index contributed by atoms with van der Waals surface area (Å²) < 4.78 is 40.1. The van der Waals surface area contributed by atoms with Crippen LogP contribution in [0, 0.1) is 0 Å². The van der Waals surface area contributed by atoms with Crippen molar-refractivity contribution in [2.75, 3.05) is 20.3 Å². The average Bonchev–Trinajstić information content (AvgIpc) is 3.02. The number of carbonyl (C=O) groups is 3. The lowest BCUT2D eigenvalue weighted by Gasteiger charge is -2.12. The Hall–Kier alpha value is -3.31. The van der Waals surface area contributed by atoms with Crippen molar-refractivity contribution in [2.45, 2.75) is 11.8 Å². The topological polar surface area (TPSA) is 116 Å². The van der Waals surface area contributed by atoms with Crippen LogP contribution in [-0.2, 0) is 24.4 Å². The number of hydrogen-bond acceptors (Lipinski definition) is 9. The fourth-order valence-corrected chi connectivity index (χ4v) is 4.52. The molecular formula is C21H19NO8S2. The molecule has 9 nitrogen and oxygen atoms in total. The molecule has 0 bridgehead atoms. The minimum absolute atomic E-state index is 0.0126. The molecule has 1 fully saturated rings. The molecule has 0 saturated carbocycles. The molecule has 1 saturated heterocycles. The minimum atomic E-state index is -4.07. The van der Waals surface area contributed by atoms with E-state index in [1.54, 1.807) is 25.1 Å². The molecule has 1 aliphatic heterocycles. The van der Waals surface area contributed by atoms with Crippen molar-refractivity contribution in [2.24, 2.45) is 0 Å². The van der Waals surface area contributed by atoms with E-state index in [1.165, 1.54) is 43.5 Å². The molecule has 0 N–H and O–H groups in total. The number of ether oxygens (including phenoxy) is 2. The van der Waals surface area contributed by atoms with Gasteiger partial charge < -0.3 is 13.7 Å². The molecule has 1 aliphatic rings. The maximum absolute atomic E-state index is 12.5. The van der Waals surface area contributed by atoms with Gasteiger partial charge in [-0.2, -0.15) is 8.42 Å². The van der Waals surface area contributed by atoms with Gasteiger partial charge in [-0.15, -0.1) is 0 Å². The number of esters is 1. The predicted octanol–water partition coefficient (Wildman–Crippen LogP) is 3.06. The van der Waals surface area contributed by atoms with Gasteiger partial charge >= 0.3 is 16.1 Å². The van der Waals surface area contributed by atoms with Crippen molar-refractivity contribution in [3.05, 3.63) is 59.0 Å². The van der Waals surface area contributed by atoms with Crippen LogP contribution in [0.25, 0.3) is 6.08 Å². The van der Waals surface area contributed by atoms with Gasteiger partial charge in [0.2, 0.25) is 0 Å². The average molecular weight is 478 g/mol. The Labute approximate surface area is 189 Å². The zero-order valence-corrected chi connectivity index (χ0v) is 18.8. The maximum atomic E-state index is 12.5. The van der Waals surface area contributed by atoms with E-state index >= 15 is 0 Å². The van der Waals surface area contributed by atoms with Gasteiger partial charge in [0.25, 0.3) is 11.1 Å². The Morgan fingerprint density at radius 2 is 1.81 bits per heavy atom. The molecule has 0 spiro atoms. The van der Waals surface area contributed by atoms with Gasteiger partial charge in [0.05, 0.1) is 18.6 Å². The minimum Gasteiger partial charge on any atom is -0.493 e. The highest BCUT2D eigenvalue weighted by molar-refractivity contribution is 8.18. The summed E-state index contributed by atoms with van der Waals surface area (Å²) in [5.74, 6) is -1.23. The monoisotopic (exact) mass is 477 g/mol. The Bertz CT molecular complexity index is 1180. The van der Waals surface area contributed by atoms with Crippen molar-refractivity contribution in [3.63, 3.8) is 0 Å². The first-order valence-electron chi connectivity index (χ1n) is 9.33. The summed E-state index contributed by atoms with van der Waals surface area (Å²) in [6, 6.07) is 12.0. The predicted molar refractivity (Wildman–Crippen MR) is 117 cm³/mol. The van der Waals surface area contributed by atoms with Gasteiger partial charge in [-0.3, -0.25) is 19.3 Å². The van der Waals surface area contributed by atoms with Gasteiger partial charge in [-0.25, -0.2) is 0 Å². The van der Waals surface area contributed by atoms with Gasteiger partial charge in [0, 0.05) is 0 Å². The molecule has 168 valence electrons. The molecule has 0 radical (unpaired) electrons. The lowest BCUT2D eigenvalue weighted by Crippen LogP contribution is -2.34. The second-order valence-corrected chi connectivity index (χ2v) is 8.87. The fourth-order valence-electron chi connectivity index (χ4n) is 2.72. The summed E-state index contributed by atoms with van der Waals surface area (Å²) in [6.45, 7) is 1.29. The van der Waals surface area contributed by atoms with E-state index in [1.807, 2.05) is 0 Å². The lowest BCUT2D eigenvalue weighted by molar-refractivity contribution is -0.145. The molecule has 2 amide bonds. The standard InChI is InChI=1S/C21H19NO8S2/c1-3-29-19(23)13-22-20(24)18(31-21(22)25)12-14-9-10-16(17(11-14)28-2)30-32(26,27)15-7-5-4-6-8-15/h4-12H,3,13H2,1-2H3/b18-12-. The summed E-state index contributed by atoms with van der Waals surface area (Å²) in [7, 11) is -2.73. The van der Waals surface area contributed by atoms with Crippen LogP contribution in [0.1, 0.15) is 12.5 Å². The van der Waals surface area contributed by atoms with E-state index in [4.69, 9.17) is 13.7 Å². The van der Waals surface area contributed by atoms with Gasteiger partial charge in [-0.05, 0) is 54.6 Å². The summed E-state index contributed by atoms with van der Waals surface area (Å²) in [5.41, 5.74) is 0.466. The third-order valence-corrected chi connectivity index (χ3v) is 6.34. The van der Waals surface area contributed by atoms with Crippen LogP contribution < -0.4 is 8.92 Å². The largest absolute Gasteiger partial charge is 0.493 e. The van der Waals surface area contributed by atoms with Gasteiger partial charge in [-0.1, -0.05) is 24.3 Å². The fraction of sp³-hybridized carbons (Fsp3) is 0.190. The lowest BCUT2D eigenvalue weighted by atomic mass is 10.2. The SMILES string of the molecule is CCOC(=O)CN1C(=O)S/C(=C\c2ccc(OS(=O)(=O)c3ccccc3)c(OC)c2)C1=O. The molecule has 2 aromatic carbocycles. The number of thioether (sulfide) groups is 1. The first-order chi connectivity index (χ1) is 15.2. The van der Waals surface area contributed by atoms with Crippen molar-refractivity contribution in [1.82, 2.24) is 4.90 Å². The Morgan fingerprint density at radius 3 is 2.47 bits per heavy atom. The summed E-state index contributed by atoms with van der Waals surface area (Å²) in [4.78, 5) is 37.1. The summed E-state index contributed by atoms with van der Waals surface area (Å²) >= 11 is 0.684. The quantitative estimate of drug-likeness (QED) is 0.321. The van der Waals surface area contributed by atoms with Crippen LogP contribution in [0.5, 0.6) is 11.5 Å². The van der Waals surface area contributed by atoms with Crippen molar-refractivity contribution >= 4 is 45.1 Å². The molecule has 32 heavy (non-hydrogen) atoms. The highest BCUT2D eigenvalue weighted by atomic mass is 32.2. The number of carbonyl (C=O) groups excluding carboxylic acids is 3. The second-order valence-electron chi connectivity index (χ2n) is 6.33. The van der Waals surface area contributed by atoms with E-state index in [0.29, 0.717) is 17.3 Å². The van der Waals surface area contributed by atoms with Crippen LogP contribution in [0.2, 0.25) is 0 Å². The number of methoxy groups -OCH3 is 1. The highest BCUT2D eigenvalue weighted by Crippen LogP contribution is 2.35. The van der Waals surface area contributed by atoms with E-state index < -0.39 is 33.8 Å². The zero-order valence-electron chi connectivity index (χ0n) is 17.1. The number of hydrogen-bond donors (Lipinski definition) is 0. The highest BCUT2D eigenvalue weighted by Gasteiger charge is 2.36. The van der Waals surface area contributed by atoms with E-state index in [2.05, 4.69) is 0 Å². The van der Waals surface area contributed by atoms with Crippen LogP contribution in [0.3, 0.4) is 0 Å². The van der Waals surface area contributed by atoms with E-state index in [0.717, 1.165) is 4.90 Å². The Morgan fingerprint density at radius 1 is 1.09 bits per heavy atom. The number of amides is 2. The smallest absolute Gasteiger partial charge is 0.339 e. The van der Waals surface area contributed by atoms with Crippen molar-refractivity contribution < 1.29 is 36.5 Å². The molecule has 0 unspecified atom stereocenters. The normalized spacial score (nSPS) is 15.2. The van der Waals surface area contributed by atoms with Crippen LogP contribution in [-0.4, -0.2) is 50.7 Å². The third kappa shape index (κ3) is 5.29. The number of nitrogens with zero attached hydrogens (tertiary/aromatic N) is 1. The molecule has 1 heterocycles. The number of benzene rings is 2. The first kappa shape index (κ1) is 23.4. The second kappa shape index (κ2) is 9.88. The maximum Gasteiger partial charge on any atom is 0.339 e. The molecule has 0 aliphatic carbocycles. The Balaban J connectivity index is 1.82. The first-order valence-corrected chi connectivity index (χ1v) is 11.6.